The fourth-order valence-corrected chi connectivity index (χ4v) is 2.99. The highest BCUT2D eigenvalue weighted by Crippen LogP contribution is 2.39. The van der Waals surface area contributed by atoms with Gasteiger partial charge in [0, 0.05) is 27.6 Å². The lowest BCUT2D eigenvalue weighted by Crippen LogP contribution is -2.15. The molecule has 0 saturated carbocycles. The smallest absolute Gasteiger partial charge is 0.162 e. The lowest BCUT2D eigenvalue weighted by Gasteiger charge is -2.20. The maximum absolute atomic E-state index is 5.68. The molecule has 0 aliphatic carbocycles. The van der Waals surface area contributed by atoms with Crippen LogP contribution in [0.25, 0.3) is 10.8 Å². The molecule has 0 atom stereocenters. The van der Waals surface area contributed by atoms with Crippen LogP contribution in [-0.2, 0) is 6.54 Å². The van der Waals surface area contributed by atoms with Gasteiger partial charge in [0.05, 0.1) is 12.2 Å². The molecule has 0 amide bonds. The van der Waals surface area contributed by atoms with Crippen LogP contribution in [0.1, 0.15) is 5.69 Å². The minimum atomic E-state index is 0.566. The van der Waals surface area contributed by atoms with E-state index in [1.807, 2.05) is 30.3 Å². The Kier molecular flexibility index (Phi) is 3.75. The normalized spacial score (nSPS) is 13.1. The van der Waals surface area contributed by atoms with Gasteiger partial charge < -0.3 is 14.8 Å². The molecule has 116 valence electrons. The van der Waals surface area contributed by atoms with Crippen molar-refractivity contribution in [1.82, 2.24) is 9.97 Å². The van der Waals surface area contributed by atoms with Crippen LogP contribution >= 0.6 is 15.9 Å². The molecule has 6 heteroatoms. The zero-order chi connectivity index (χ0) is 15.6. The standard InChI is InChI=1S/C17H14BrN3O2/c18-14-10-21-17(20-9-11-3-1-2-4-19-11)13-8-16-15(7-12(13)14)22-5-6-23-16/h1-4,7-8,10H,5-6,9H2,(H,20,21). The van der Waals surface area contributed by atoms with Crippen molar-refractivity contribution in [2.45, 2.75) is 6.54 Å². The Balaban J connectivity index is 1.73. The highest BCUT2D eigenvalue weighted by molar-refractivity contribution is 9.10. The summed E-state index contributed by atoms with van der Waals surface area (Å²) in [5.74, 6) is 2.32. The molecule has 1 N–H and O–H groups in total. The number of hydrogen-bond donors (Lipinski definition) is 1. The molecule has 0 bridgehead atoms. The first-order valence-electron chi connectivity index (χ1n) is 7.33. The molecule has 0 fully saturated rings. The van der Waals surface area contributed by atoms with Gasteiger partial charge >= 0.3 is 0 Å². The minimum absolute atomic E-state index is 0.566. The van der Waals surface area contributed by atoms with E-state index in [4.69, 9.17) is 9.47 Å². The number of ether oxygens (including phenoxy) is 2. The molecule has 0 unspecified atom stereocenters. The van der Waals surface area contributed by atoms with Gasteiger partial charge in [0.15, 0.2) is 11.5 Å². The summed E-state index contributed by atoms with van der Waals surface area (Å²) in [6.45, 7) is 1.75. The molecule has 3 aromatic rings. The summed E-state index contributed by atoms with van der Waals surface area (Å²) >= 11 is 3.56. The summed E-state index contributed by atoms with van der Waals surface area (Å²) in [5, 5.41) is 5.37. The lowest BCUT2D eigenvalue weighted by atomic mass is 10.1. The summed E-state index contributed by atoms with van der Waals surface area (Å²) in [7, 11) is 0. The molecule has 3 heterocycles. The molecule has 0 spiro atoms. The monoisotopic (exact) mass is 371 g/mol. The number of rotatable bonds is 3. The van der Waals surface area contributed by atoms with Crippen LogP contribution in [0.3, 0.4) is 0 Å². The van der Waals surface area contributed by atoms with Crippen LogP contribution in [0.15, 0.2) is 47.2 Å². The van der Waals surface area contributed by atoms with Gasteiger partial charge in [-0.25, -0.2) is 4.98 Å². The van der Waals surface area contributed by atoms with Crippen molar-refractivity contribution in [3.8, 4) is 11.5 Å². The topological polar surface area (TPSA) is 56.3 Å². The molecule has 5 nitrogen and oxygen atoms in total. The van der Waals surface area contributed by atoms with E-state index in [0.717, 1.165) is 38.3 Å². The van der Waals surface area contributed by atoms with Gasteiger partial charge in [0.1, 0.15) is 19.0 Å². The van der Waals surface area contributed by atoms with E-state index in [0.29, 0.717) is 19.8 Å². The first kappa shape index (κ1) is 14.3. The number of pyridine rings is 2. The van der Waals surface area contributed by atoms with Crippen molar-refractivity contribution in [2.24, 2.45) is 0 Å². The third kappa shape index (κ3) is 2.82. The SMILES string of the molecule is Brc1cnc(NCc2ccccn2)c2cc3c(cc12)OCCO3. The molecule has 1 aromatic carbocycles. The van der Waals surface area contributed by atoms with E-state index in [1.165, 1.54) is 0 Å². The average Bonchev–Trinajstić information content (AvgIpc) is 2.61. The van der Waals surface area contributed by atoms with E-state index in [9.17, 15) is 0 Å². The Bertz CT molecular complexity index is 855. The fourth-order valence-electron chi connectivity index (χ4n) is 2.56. The third-order valence-electron chi connectivity index (χ3n) is 3.66. The Labute approximate surface area is 141 Å². The second-order valence-corrected chi connectivity index (χ2v) is 6.03. The maximum atomic E-state index is 5.68. The van der Waals surface area contributed by atoms with Crippen LogP contribution in [0, 0.1) is 0 Å². The van der Waals surface area contributed by atoms with Gasteiger partial charge in [-0.1, -0.05) is 6.07 Å². The van der Waals surface area contributed by atoms with Crippen LogP contribution in [0.2, 0.25) is 0 Å². The molecule has 1 aliphatic rings. The second kappa shape index (κ2) is 6.04. The van der Waals surface area contributed by atoms with E-state index in [2.05, 4.69) is 31.2 Å². The third-order valence-corrected chi connectivity index (χ3v) is 4.30. The van der Waals surface area contributed by atoms with Crippen molar-refractivity contribution in [1.29, 1.82) is 0 Å². The predicted octanol–water partition coefficient (Wildman–Crippen LogP) is 3.78. The maximum Gasteiger partial charge on any atom is 0.162 e. The molecular weight excluding hydrogens is 358 g/mol. The molecular formula is C17H14BrN3O2. The number of anilines is 1. The molecule has 0 radical (unpaired) electrons. The van der Waals surface area contributed by atoms with Gasteiger partial charge in [-0.2, -0.15) is 0 Å². The molecule has 23 heavy (non-hydrogen) atoms. The Morgan fingerprint density at radius 1 is 1.04 bits per heavy atom. The summed E-state index contributed by atoms with van der Waals surface area (Å²) in [5.41, 5.74) is 0.961. The molecule has 2 aromatic heterocycles. The Hall–Kier alpha value is -2.34. The van der Waals surface area contributed by atoms with Gasteiger partial charge in [0.25, 0.3) is 0 Å². The van der Waals surface area contributed by atoms with E-state index in [1.54, 1.807) is 12.4 Å². The van der Waals surface area contributed by atoms with Crippen LogP contribution in [0.4, 0.5) is 5.82 Å². The quantitative estimate of drug-likeness (QED) is 0.759. The largest absolute Gasteiger partial charge is 0.486 e. The second-order valence-electron chi connectivity index (χ2n) is 5.17. The molecule has 1 aliphatic heterocycles. The zero-order valence-electron chi connectivity index (χ0n) is 12.3. The summed E-state index contributed by atoms with van der Waals surface area (Å²) in [6.07, 6.45) is 3.57. The highest BCUT2D eigenvalue weighted by atomic mass is 79.9. The first-order chi connectivity index (χ1) is 11.3. The van der Waals surface area contributed by atoms with Crippen LogP contribution < -0.4 is 14.8 Å². The number of benzene rings is 1. The van der Waals surface area contributed by atoms with Crippen molar-refractivity contribution < 1.29 is 9.47 Å². The number of aromatic nitrogens is 2. The summed E-state index contributed by atoms with van der Waals surface area (Å²) in [6, 6.07) is 9.82. The minimum Gasteiger partial charge on any atom is -0.486 e. The number of halogens is 1. The fraction of sp³-hybridized carbons (Fsp3) is 0.176. The summed E-state index contributed by atoms with van der Waals surface area (Å²) < 4.78 is 12.3. The van der Waals surface area contributed by atoms with Crippen molar-refractivity contribution >= 4 is 32.5 Å². The highest BCUT2D eigenvalue weighted by Gasteiger charge is 2.16. The predicted molar refractivity (Wildman–Crippen MR) is 92.0 cm³/mol. The van der Waals surface area contributed by atoms with Gasteiger partial charge in [-0.3, -0.25) is 4.98 Å². The number of nitrogens with one attached hydrogen (secondary N) is 1. The van der Waals surface area contributed by atoms with Gasteiger partial charge in [-0.15, -0.1) is 0 Å². The van der Waals surface area contributed by atoms with Gasteiger partial charge in [0.2, 0.25) is 0 Å². The number of fused-ring (bicyclic) bond motifs is 2. The molecule has 4 rings (SSSR count). The van der Waals surface area contributed by atoms with Crippen molar-refractivity contribution in [2.75, 3.05) is 18.5 Å². The Morgan fingerprint density at radius 2 is 1.83 bits per heavy atom. The summed E-state index contributed by atoms with van der Waals surface area (Å²) in [4.78, 5) is 8.81. The lowest BCUT2D eigenvalue weighted by molar-refractivity contribution is 0.172. The molecule has 0 saturated heterocycles. The van der Waals surface area contributed by atoms with Crippen molar-refractivity contribution in [3.05, 3.63) is 52.9 Å². The van der Waals surface area contributed by atoms with Gasteiger partial charge in [-0.05, 0) is 40.2 Å². The number of nitrogens with zero attached hydrogens (tertiary/aromatic N) is 2. The van der Waals surface area contributed by atoms with Crippen molar-refractivity contribution in [3.63, 3.8) is 0 Å². The Morgan fingerprint density at radius 3 is 2.57 bits per heavy atom. The average molecular weight is 372 g/mol. The van der Waals surface area contributed by atoms with Crippen LogP contribution in [-0.4, -0.2) is 23.2 Å². The van der Waals surface area contributed by atoms with E-state index >= 15 is 0 Å². The van der Waals surface area contributed by atoms with E-state index < -0.39 is 0 Å². The number of hydrogen-bond acceptors (Lipinski definition) is 5. The van der Waals surface area contributed by atoms with E-state index in [-0.39, 0.29) is 0 Å². The first-order valence-corrected chi connectivity index (χ1v) is 8.12. The van der Waals surface area contributed by atoms with Crippen LogP contribution in [0.5, 0.6) is 11.5 Å². The zero-order valence-corrected chi connectivity index (χ0v) is 13.8.